The SMILES string of the molecule is CCC(=O)C1CC2c3ccccc3OC2N1CC. The second-order valence-electron chi connectivity index (χ2n) is 5.05. The van der Waals surface area contributed by atoms with E-state index in [2.05, 4.69) is 24.0 Å². The Labute approximate surface area is 108 Å². The molecule has 1 fully saturated rings. The summed E-state index contributed by atoms with van der Waals surface area (Å²) in [5.41, 5.74) is 1.27. The van der Waals surface area contributed by atoms with Crippen molar-refractivity contribution in [2.24, 2.45) is 0 Å². The fourth-order valence-corrected chi connectivity index (χ4v) is 3.31. The highest BCUT2D eigenvalue weighted by Gasteiger charge is 2.49. The van der Waals surface area contributed by atoms with E-state index >= 15 is 0 Å². The monoisotopic (exact) mass is 245 g/mol. The van der Waals surface area contributed by atoms with Gasteiger partial charge in [0.05, 0.1) is 6.04 Å². The van der Waals surface area contributed by atoms with E-state index in [1.165, 1.54) is 5.56 Å². The Bertz CT molecular complexity index is 471. The van der Waals surface area contributed by atoms with Crippen molar-refractivity contribution < 1.29 is 9.53 Å². The maximum Gasteiger partial charge on any atom is 0.160 e. The maximum atomic E-state index is 12.0. The van der Waals surface area contributed by atoms with E-state index in [-0.39, 0.29) is 12.3 Å². The van der Waals surface area contributed by atoms with Crippen LogP contribution in [-0.4, -0.2) is 29.5 Å². The molecule has 0 radical (unpaired) electrons. The number of hydrogen-bond acceptors (Lipinski definition) is 3. The molecule has 1 saturated heterocycles. The molecule has 0 aromatic heterocycles. The van der Waals surface area contributed by atoms with Crippen LogP contribution in [0.15, 0.2) is 24.3 Å². The molecule has 0 N–H and O–H groups in total. The molecule has 2 heterocycles. The summed E-state index contributed by atoms with van der Waals surface area (Å²) in [7, 11) is 0. The van der Waals surface area contributed by atoms with Crippen LogP contribution in [0.3, 0.4) is 0 Å². The lowest BCUT2D eigenvalue weighted by Crippen LogP contribution is -2.42. The third-order valence-electron chi connectivity index (χ3n) is 4.20. The average molecular weight is 245 g/mol. The number of hydrogen-bond donors (Lipinski definition) is 0. The number of fused-ring (bicyclic) bond motifs is 3. The van der Waals surface area contributed by atoms with E-state index in [1.54, 1.807) is 0 Å². The molecule has 3 rings (SSSR count). The Morgan fingerprint density at radius 1 is 1.39 bits per heavy atom. The van der Waals surface area contributed by atoms with Gasteiger partial charge >= 0.3 is 0 Å². The summed E-state index contributed by atoms with van der Waals surface area (Å²) in [4.78, 5) is 14.2. The molecule has 2 aliphatic rings. The van der Waals surface area contributed by atoms with E-state index in [9.17, 15) is 4.79 Å². The zero-order valence-corrected chi connectivity index (χ0v) is 10.9. The Balaban J connectivity index is 1.92. The van der Waals surface area contributed by atoms with E-state index in [0.717, 1.165) is 18.7 Å². The normalized spacial score (nSPS) is 29.8. The van der Waals surface area contributed by atoms with Gasteiger partial charge in [0.25, 0.3) is 0 Å². The lowest BCUT2D eigenvalue weighted by molar-refractivity contribution is -0.124. The molecule has 3 heteroatoms. The lowest BCUT2D eigenvalue weighted by Gasteiger charge is -2.26. The minimum Gasteiger partial charge on any atom is -0.474 e. The number of likely N-dealkylation sites (N-methyl/N-ethyl adjacent to an activating group) is 1. The number of carbonyl (C=O) groups is 1. The number of ether oxygens (including phenoxy) is 1. The first-order valence-corrected chi connectivity index (χ1v) is 6.80. The van der Waals surface area contributed by atoms with Crippen LogP contribution >= 0.6 is 0 Å². The summed E-state index contributed by atoms with van der Waals surface area (Å²) < 4.78 is 6.03. The van der Waals surface area contributed by atoms with Gasteiger partial charge in [-0.05, 0) is 19.0 Å². The summed E-state index contributed by atoms with van der Waals surface area (Å²) in [5.74, 6) is 1.70. The lowest BCUT2D eigenvalue weighted by atomic mass is 9.95. The molecule has 3 atom stereocenters. The summed E-state index contributed by atoms with van der Waals surface area (Å²) in [6.45, 7) is 4.91. The third-order valence-corrected chi connectivity index (χ3v) is 4.20. The molecular weight excluding hydrogens is 226 g/mol. The molecule has 0 aliphatic carbocycles. The minimum absolute atomic E-state index is 0.0448. The van der Waals surface area contributed by atoms with Crippen LogP contribution in [0.4, 0.5) is 0 Å². The van der Waals surface area contributed by atoms with Crippen molar-refractivity contribution >= 4 is 5.78 Å². The van der Waals surface area contributed by atoms with Crippen molar-refractivity contribution in [3.8, 4) is 5.75 Å². The van der Waals surface area contributed by atoms with Crippen molar-refractivity contribution in [3.63, 3.8) is 0 Å². The van der Waals surface area contributed by atoms with E-state index in [4.69, 9.17) is 4.74 Å². The van der Waals surface area contributed by atoms with Gasteiger partial charge in [-0.25, -0.2) is 0 Å². The summed E-state index contributed by atoms with van der Waals surface area (Å²) >= 11 is 0. The molecule has 1 aromatic rings. The van der Waals surface area contributed by atoms with E-state index in [0.29, 0.717) is 18.1 Å². The Kier molecular flexibility index (Phi) is 2.86. The van der Waals surface area contributed by atoms with E-state index in [1.807, 2.05) is 19.1 Å². The molecule has 1 aromatic carbocycles. The van der Waals surface area contributed by atoms with Crippen molar-refractivity contribution in [1.29, 1.82) is 0 Å². The van der Waals surface area contributed by atoms with Crippen molar-refractivity contribution in [2.75, 3.05) is 6.54 Å². The first-order chi connectivity index (χ1) is 8.76. The van der Waals surface area contributed by atoms with Crippen LogP contribution in [0.1, 0.15) is 38.2 Å². The Morgan fingerprint density at radius 2 is 2.17 bits per heavy atom. The number of rotatable bonds is 3. The fraction of sp³-hybridized carbons (Fsp3) is 0.533. The van der Waals surface area contributed by atoms with Gasteiger partial charge in [-0.1, -0.05) is 32.0 Å². The standard InChI is InChI=1S/C15H19NO2/c1-3-13(17)12-9-11-10-7-5-6-8-14(10)18-15(11)16(12)4-2/h5-8,11-12,15H,3-4,9H2,1-2H3. The van der Waals surface area contributed by atoms with Gasteiger partial charge < -0.3 is 4.74 Å². The number of benzene rings is 1. The van der Waals surface area contributed by atoms with Gasteiger partial charge in [0.2, 0.25) is 0 Å². The zero-order chi connectivity index (χ0) is 12.7. The molecule has 0 bridgehead atoms. The highest BCUT2D eigenvalue weighted by molar-refractivity contribution is 5.84. The molecular formula is C15H19NO2. The largest absolute Gasteiger partial charge is 0.474 e. The minimum atomic E-state index is 0.0448. The number of likely N-dealkylation sites (tertiary alicyclic amines) is 1. The number of carbonyl (C=O) groups excluding carboxylic acids is 1. The van der Waals surface area contributed by atoms with Crippen LogP contribution in [0, 0.1) is 0 Å². The number of para-hydroxylation sites is 1. The second-order valence-corrected chi connectivity index (χ2v) is 5.05. The van der Waals surface area contributed by atoms with Crippen LogP contribution in [0.5, 0.6) is 5.75 Å². The summed E-state index contributed by atoms with van der Waals surface area (Å²) in [6.07, 6.45) is 1.58. The topological polar surface area (TPSA) is 29.5 Å². The van der Waals surface area contributed by atoms with Crippen LogP contribution < -0.4 is 4.74 Å². The molecule has 0 spiro atoms. The smallest absolute Gasteiger partial charge is 0.160 e. The predicted octanol–water partition coefficient (Wildman–Crippen LogP) is 2.56. The number of Topliss-reactive ketones (excluding diaryl/α,β-unsaturated/α-hetero) is 1. The molecule has 96 valence electrons. The van der Waals surface area contributed by atoms with Crippen LogP contribution in [0.2, 0.25) is 0 Å². The molecule has 3 unspecified atom stereocenters. The third kappa shape index (κ3) is 1.57. The number of nitrogens with zero attached hydrogens (tertiary/aromatic N) is 1. The fourth-order valence-electron chi connectivity index (χ4n) is 3.31. The van der Waals surface area contributed by atoms with Crippen molar-refractivity contribution in [2.45, 2.75) is 44.9 Å². The number of ketones is 1. The summed E-state index contributed by atoms with van der Waals surface area (Å²) in [5, 5.41) is 0. The Morgan fingerprint density at radius 3 is 2.89 bits per heavy atom. The van der Waals surface area contributed by atoms with Crippen LogP contribution in [0.25, 0.3) is 0 Å². The first-order valence-electron chi connectivity index (χ1n) is 6.80. The van der Waals surface area contributed by atoms with Crippen molar-refractivity contribution in [1.82, 2.24) is 4.90 Å². The second kappa shape index (κ2) is 4.39. The molecule has 0 amide bonds. The molecule has 0 saturated carbocycles. The van der Waals surface area contributed by atoms with Crippen LogP contribution in [-0.2, 0) is 4.79 Å². The quantitative estimate of drug-likeness (QED) is 0.819. The first kappa shape index (κ1) is 11.7. The zero-order valence-electron chi connectivity index (χ0n) is 10.9. The van der Waals surface area contributed by atoms with Gasteiger partial charge in [-0.15, -0.1) is 0 Å². The van der Waals surface area contributed by atoms with Gasteiger partial charge in [0, 0.05) is 17.9 Å². The van der Waals surface area contributed by atoms with Gasteiger partial charge in [0.15, 0.2) is 6.23 Å². The predicted molar refractivity (Wildman–Crippen MR) is 69.7 cm³/mol. The average Bonchev–Trinajstić information content (AvgIpc) is 2.93. The molecule has 3 nitrogen and oxygen atoms in total. The van der Waals surface area contributed by atoms with Gasteiger partial charge in [-0.3, -0.25) is 9.69 Å². The van der Waals surface area contributed by atoms with E-state index < -0.39 is 0 Å². The summed E-state index contributed by atoms with van der Waals surface area (Å²) in [6, 6.07) is 8.26. The van der Waals surface area contributed by atoms with Crippen molar-refractivity contribution in [3.05, 3.63) is 29.8 Å². The van der Waals surface area contributed by atoms with Gasteiger partial charge in [0.1, 0.15) is 11.5 Å². The molecule has 18 heavy (non-hydrogen) atoms. The van der Waals surface area contributed by atoms with Gasteiger partial charge in [-0.2, -0.15) is 0 Å². The highest BCUT2D eigenvalue weighted by Crippen LogP contribution is 2.47. The Hall–Kier alpha value is -1.35. The molecule has 2 aliphatic heterocycles. The highest BCUT2D eigenvalue weighted by atomic mass is 16.5. The maximum absolute atomic E-state index is 12.0.